The third-order valence-corrected chi connectivity index (χ3v) is 2.48. The van der Waals surface area contributed by atoms with Crippen LogP contribution in [-0.2, 0) is 29.0 Å². The first-order valence-electron chi connectivity index (χ1n) is 5.02. The van der Waals surface area contributed by atoms with Crippen molar-refractivity contribution in [1.29, 1.82) is 0 Å². The zero-order valence-corrected chi connectivity index (χ0v) is 8.40. The predicted molar refractivity (Wildman–Crippen MR) is 53.6 cm³/mol. The van der Waals surface area contributed by atoms with Gasteiger partial charge in [0.05, 0.1) is 13.2 Å². The predicted octanol–water partition coefficient (Wildman–Crippen LogP) is 1.17. The summed E-state index contributed by atoms with van der Waals surface area (Å²) >= 11 is 0. The second-order valence-corrected chi connectivity index (χ2v) is 3.65. The van der Waals surface area contributed by atoms with Gasteiger partial charge in [-0.15, -0.1) is 0 Å². The minimum Gasteiger partial charge on any atom is -0.481 e. The maximum absolute atomic E-state index is 10.4. The van der Waals surface area contributed by atoms with Gasteiger partial charge in [0.25, 0.3) is 0 Å². The first-order valence-corrected chi connectivity index (χ1v) is 5.02. The molecule has 15 heavy (non-hydrogen) atoms. The van der Waals surface area contributed by atoms with Crippen LogP contribution in [0.2, 0.25) is 0 Å². The number of carboxylic acids is 1. The molecule has 0 unspecified atom stereocenters. The van der Waals surface area contributed by atoms with Gasteiger partial charge < -0.3 is 9.84 Å². The summed E-state index contributed by atoms with van der Waals surface area (Å²) in [6, 6.07) is 2.00. The number of nitrogens with zero attached hydrogens (tertiary/aromatic N) is 1. The van der Waals surface area contributed by atoms with Crippen molar-refractivity contribution in [1.82, 2.24) is 4.98 Å². The van der Waals surface area contributed by atoms with Crippen molar-refractivity contribution in [3.05, 3.63) is 29.1 Å². The Morgan fingerprint density at radius 1 is 1.60 bits per heavy atom. The lowest BCUT2D eigenvalue weighted by Gasteiger charge is -2.15. The molecule has 0 atom stereocenters. The van der Waals surface area contributed by atoms with Gasteiger partial charge in [-0.3, -0.25) is 9.78 Å². The number of fused-ring (bicyclic) bond motifs is 1. The second kappa shape index (κ2) is 4.40. The fraction of sp³-hybridized carbons (Fsp3) is 0.455. The van der Waals surface area contributed by atoms with Crippen molar-refractivity contribution in [3.63, 3.8) is 0 Å². The molecule has 0 amide bonds. The molecule has 0 radical (unpaired) electrons. The average molecular weight is 207 g/mol. The number of aromatic nitrogens is 1. The quantitative estimate of drug-likeness (QED) is 0.808. The zero-order valence-electron chi connectivity index (χ0n) is 8.40. The van der Waals surface area contributed by atoms with E-state index in [9.17, 15) is 4.79 Å². The highest BCUT2D eigenvalue weighted by Crippen LogP contribution is 2.16. The number of carboxylic acid groups (broad SMARTS) is 1. The molecule has 0 saturated carbocycles. The molecule has 2 rings (SSSR count). The number of hydrogen-bond donors (Lipinski definition) is 1. The highest BCUT2D eigenvalue weighted by molar-refractivity contribution is 5.67. The number of rotatable bonds is 3. The van der Waals surface area contributed by atoms with Gasteiger partial charge in [-0.2, -0.15) is 0 Å². The minimum absolute atomic E-state index is 0.154. The molecule has 1 aliphatic heterocycles. The van der Waals surface area contributed by atoms with Gasteiger partial charge in [0.15, 0.2) is 0 Å². The van der Waals surface area contributed by atoms with E-state index in [1.807, 2.05) is 6.07 Å². The van der Waals surface area contributed by atoms with Crippen LogP contribution in [0.4, 0.5) is 0 Å². The normalized spacial score (nSPS) is 14.7. The summed E-state index contributed by atoms with van der Waals surface area (Å²) in [6.45, 7) is 1.33. The Labute approximate surface area is 87.9 Å². The molecule has 0 aliphatic carbocycles. The molecule has 0 spiro atoms. The van der Waals surface area contributed by atoms with E-state index in [-0.39, 0.29) is 6.42 Å². The van der Waals surface area contributed by atoms with Crippen molar-refractivity contribution in [2.24, 2.45) is 0 Å². The molecule has 80 valence electrons. The van der Waals surface area contributed by atoms with Crippen LogP contribution in [0.1, 0.15) is 23.2 Å². The largest absolute Gasteiger partial charge is 0.481 e. The van der Waals surface area contributed by atoms with Crippen molar-refractivity contribution in [3.8, 4) is 0 Å². The van der Waals surface area contributed by atoms with Crippen LogP contribution in [0.15, 0.2) is 12.3 Å². The summed E-state index contributed by atoms with van der Waals surface area (Å²) < 4.78 is 5.32. The van der Waals surface area contributed by atoms with E-state index in [2.05, 4.69) is 4.98 Å². The van der Waals surface area contributed by atoms with Gasteiger partial charge >= 0.3 is 5.97 Å². The highest BCUT2D eigenvalue weighted by Gasteiger charge is 2.11. The van der Waals surface area contributed by atoms with Crippen LogP contribution in [-0.4, -0.2) is 22.7 Å². The van der Waals surface area contributed by atoms with Crippen LogP contribution >= 0.6 is 0 Å². The first-order chi connectivity index (χ1) is 7.25. The molecule has 4 nitrogen and oxygen atoms in total. The fourth-order valence-electron chi connectivity index (χ4n) is 1.68. The monoisotopic (exact) mass is 207 g/mol. The maximum Gasteiger partial charge on any atom is 0.303 e. The van der Waals surface area contributed by atoms with Gasteiger partial charge in [-0.05, 0) is 17.5 Å². The molecule has 1 N–H and O–H groups in total. The van der Waals surface area contributed by atoms with Gasteiger partial charge in [0.1, 0.15) is 0 Å². The van der Waals surface area contributed by atoms with E-state index >= 15 is 0 Å². The molecular weight excluding hydrogens is 194 g/mol. The summed E-state index contributed by atoms with van der Waals surface area (Å²) in [5.41, 5.74) is 3.16. The van der Waals surface area contributed by atoms with E-state index in [0.29, 0.717) is 13.0 Å². The van der Waals surface area contributed by atoms with Crippen LogP contribution in [0.3, 0.4) is 0 Å². The summed E-state index contributed by atoms with van der Waals surface area (Å²) in [4.78, 5) is 14.7. The lowest BCUT2D eigenvalue weighted by atomic mass is 10.1. The van der Waals surface area contributed by atoms with Crippen molar-refractivity contribution >= 4 is 5.97 Å². The number of hydrogen-bond acceptors (Lipinski definition) is 3. The first kappa shape index (κ1) is 10.1. The van der Waals surface area contributed by atoms with E-state index < -0.39 is 5.97 Å². The van der Waals surface area contributed by atoms with Crippen LogP contribution in [0.5, 0.6) is 0 Å². The third kappa shape index (κ3) is 2.53. The van der Waals surface area contributed by atoms with E-state index in [4.69, 9.17) is 9.84 Å². The lowest BCUT2D eigenvalue weighted by Crippen LogP contribution is -2.12. The zero-order chi connectivity index (χ0) is 10.7. The van der Waals surface area contributed by atoms with Gasteiger partial charge in [0, 0.05) is 24.7 Å². The van der Waals surface area contributed by atoms with E-state index in [1.54, 1.807) is 6.20 Å². The second-order valence-electron chi connectivity index (χ2n) is 3.65. The number of pyridine rings is 1. The topological polar surface area (TPSA) is 59.4 Å². The Morgan fingerprint density at radius 3 is 3.27 bits per heavy atom. The van der Waals surface area contributed by atoms with Crippen LogP contribution in [0.25, 0.3) is 0 Å². The maximum atomic E-state index is 10.4. The number of aryl methyl sites for hydroxylation is 1. The molecule has 0 saturated heterocycles. The summed E-state index contributed by atoms with van der Waals surface area (Å²) in [5, 5.41) is 8.57. The molecule has 1 aliphatic rings. The van der Waals surface area contributed by atoms with Crippen molar-refractivity contribution < 1.29 is 14.6 Å². The Kier molecular flexibility index (Phi) is 2.97. The molecule has 4 heteroatoms. The fourth-order valence-corrected chi connectivity index (χ4v) is 1.68. The Bertz CT molecular complexity index is 376. The average Bonchev–Trinajstić information content (AvgIpc) is 2.26. The molecule has 0 bridgehead atoms. The Morgan fingerprint density at radius 2 is 2.47 bits per heavy atom. The van der Waals surface area contributed by atoms with E-state index in [0.717, 1.165) is 29.8 Å². The third-order valence-electron chi connectivity index (χ3n) is 2.48. The molecule has 2 heterocycles. The molecule has 0 fully saturated rings. The van der Waals surface area contributed by atoms with E-state index in [1.165, 1.54) is 0 Å². The molecule has 0 aromatic carbocycles. The summed E-state index contributed by atoms with van der Waals surface area (Å²) in [7, 11) is 0. The van der Waals surface area contributed by atoms with Crippen LogP contribution in [0, 0.1) is 0 Å². The summed E-state index contributed by atoms with van der Waals surface area (Å²) in [6.07, 6.45) is 3.32. The Balaban J connectivity index is 2.10. The summed E-state index contributed by atoms with van der Waals surface area (Å²) in [5.74, 6) is -0.774. The molecule has 1 aromatic heterocycles. The van der Waals surface area contributed by atoms with Gasteiger partial charge in [-0.1, -0.05) is 6.07 Å². The number of carbonyl (C=O) groups is 1. The van der Waals surface area contributed by atoms with Crippen molar-refractivity contribution in [2.75, 3.05) is 6.61 Å². The van der Waals surface area contributed by atoms with Crippen LogP contribution < -0.4 is 0 Å². The lowest BCUT2D eigenvalue weighted by molar-refractivity contribution is -0.136. The molecule has 1 aromatic rings. The molecular formula is C11H13NO3. The Hall–Kier alpha value is -1.42. The van der Waals surface area contributed by atoms with Gasteiger partial charge in [0.2, 0.25) is 0 Å². The highest BCUT2D eigenvalue weighted by atomic mass is 16.5. The number of ether oxygens (including phenoxy) is 1. The minimum atomic E-state index is -0.774. The SMILES string of the molecule is O=C(O)CCc1cnc2c(c1)COCC2. The number of aliphatic carboxylic acids is 1. The van der Waals surface area contributed by atoms with Crippen molar-refractivity contribution in [2.45, 2.75) is 25.9 Å². The van der Waals surface area contributed by atoms with Gasteiger partial charge in [-0.25, -0.2) is 0 Å². The smallest absolute Gasteiger partial charge is 0.303 e. The standard InChI is InChI=1S/C11H13NO3/c13-11(14)2-1-8-5-9-7-15-4-3-10(9)12-6-8/h5-6H,1-4,7H2,(H,13,14).